The summed E-state index contributed by atoms with van der Waals surface area (Å²) in [4.78, 5) is 19.6. The first-order valence-electron chi connectivity index (χ1n) is 17.0. The summed E-state index contributed by atoms with van der Waals surface area (Å²) in [5.41, 5.74) is 10.9. The van der Waals surface area contributed by atoms with Crippen LogP contribution in [0.3, 0.4) is 0 Å². The summed E-state index contributed by atoms with van der Waals surface area (Å²) >= 11 is 1.85. The van der Waals surface area contributed by atoms with E-state index in [4.69, 9.17) is 9.97 Å². The lowest BCUT2D eigenvalue weighted by Gasteiger charge is -2.12. The smallest absolute Gasteiger partial charge is 0.0900 e. The molecule has 51 heavy (non-hydrogen) atoms. The van der Waals surface area contributed by atoms with Gasteiger partial charge in [-0.2, -0.15) is 0 Å². The largest absolute Gasteiger partial charge is 0.255 e. The third-order valence-corrected chi connectivity index (χ3v) is 10.8. The van der Waals surface area contributed by atoms with Crippen molar-refractivity contribution in [1.82, 2.24) is 19.9 Å². The molecule has 0 radical (unpaired) electrons. The Kier molecular flexibility index (Phi) is 6.96. The number of rotatable bonds is 5. The number of aromatic nitrogens is 4. The topological polar surface area (TPSA) is 51.6 Å². The molecule has 0 saturated heterocycles. The normalized spacial score (nSPS) is 11.5. The number of thiophene rings is 1. The first-order chi connectivity index (χ1) is 25.3. The zero-order valence-corrected chi connectivity index (χ0v) is 28.2. The van der Waals surface area contributed by atoms with Crippen molar-refractivity contribution in [2.75, 3.05) is 0 Å². The average Bonchev–Trinajstić information content (AvgIpc) is 3.61. The van der Waals surface area contributed by atoms with E-state index >= 15 is 0 Å². The van der Waals surface area contributed by atoms with E-state index in [1.807, 2.05) is 47.7 Å². The van der Waals surface area contributed by atoms with Gasteiger partial charge in [-0.1, -0.05) is 109 Å². The van der Waals surface area contributed by atoms with Gasteiger partial charge in [-0.15, -0.1) is 11.3 Å². The molecule has 0 fully saturated rings. The van der Waals surface area contributed by atoms with Crippen molar-refractivity contribution in [3.05, 3.63) is 170 Å². The molecule has 238 valence electrons. The molecule has 0 amide bonds. The zero-order valence-electron chi connectivity index (χ0n) is 27.4. The molecule has 5 heteroatoms. The predicted octanol–water partition coefficient (Wildman–Crippen LogP) is 12.3. The number of benzene rings is 5. The number of nitrogens with zero attached hydrogens (tertiary/aromatic N) is 4. The van der Waals surface area contributed by atoms with Crippen LogP contribution in [-0.2, 0) is 0 Å². The highest BCUT2D eigenvalue weighted by atomic mass is 32.1. The predicted molar refractivity (Wildman–Crippen MR) is 213 cm³/mol. The second kappa shape index (κ2) is 12.1. The van der Waals surface area contributed by atoms with E-state index in [0.29, 0.717) is 0 Å². The monoisotopic (exact) mass is 668 g/mol. The molecule has 0 unspecified atom stereocenters. The Morgan fingerprint density at radius 2 is 1.04 bits per heavy atom. The molecule has 0 N–H and O–H groups in total. The van der Waals surface area contributed by atoms with Crippen LogP contribution < -0.4 is 0 Å². The van der Waals surface area contributed by atoms with Crippen LogP contribution in [0.5, 0.6) is 0 Å². The van der Waals surface area contributed by atoms with E-state index in [1.165, 1.54) is 36.3 Å². The minimum Gasteiger partial charge on any atom is -0.255 e. The van der Waals surface area contributed by atoms with Gasteiger partial charge in [0, 0.05) is 43.5 Å². The fraction of sp³-hybridized carbons (Fsp3) is 0. The lowest BCUT2D eigenvalue weighted by Crippen LogP contribution is -1.94. The van der Waals surface area contributed by atoms with Crippen molar-refractivity contribution in [3.8, 4) is 56.3 Å². The highest BCUT2D eigenvalue weighted by Gasteiger charge is 2.18. The SMILES string of the molecule is c1ccc(-c2cc(-c3ccc(-c4ccc5c(c4)nc(-c4cccc6ccccc46)c4c6ccccc6sc54)cc3)cc(-c3ccccn3)n2)nc1. The van der Waals surface area contributed by atoms with Gasteiger partial charge in [0.25, 0.3) is 0 Å². The molecule has 5 heterocycles. The van der Waals surface area contributed by atoms with Gasteiger partial charge in [0.2, 0.25) is 0 Å². The second-order valence-corrected chi connectivity index (χ2v) is 13.7. The molecule has 4 nitrogen and oxygen atoms in total. The van der Waals surface area contributed by atoms with Crippen molar-refractivity contribution in [2.24, 2.45) is 0 Å². The Morgan fingerprint density at radius 1 is 0.412 bits per heavy atom. The van der Waals surface area contributed by atoms with E-state index in [2.05, 4.69) is 131 Å². The summed E-state index contributed by atoms with van der Waals surface area (Å²) in [5.74, 6) is 0. The second-order valence-electron chi connectivity index (χ2n) is 12.7. The van der Waals surface area contributed by atoms with Crippen molar-refractivity contribution in [2.45, 2.75) is 0 Å². The van der Waals surface area contributed by atoms with Crippen LogP contribution in [0.15, 0.2) is 170 Å². The van der Waals surface area contributed by atoms with Gasteiger partial charge >= 0.3 is 0 Å². The third kappa shape index (κ3) is 5.14. The lowest BCUT2D eigenvalue weighted by molar-refractivity contribution is 1.22. The average molecular weight is 669 g/mol. The van der Waals surface area contributed by atoms with Crippen LogP contribution in [0, 0.1) is 0 Å². The van der Waals surface area contributed by atoms with Crippen LogP contribution in [0.1, 0.15) is 0 Å². The van der Waals surface area contributed by atoms with Crippen molar-refractivity contribution >= 4 is 53.2 Å². The molecule has 10 rings (SSSR count). The fourth-order valence-corrected chi connectivity index (χ4v) is 8.35. The lowest BCUT2D eigenvalue weighted by atomic mass is 9.96. The van der Waals surface area contributed by atoms with E-state index in [0.717, 1.165) is 61.8 Å². The van der Waals surface area contributed by atoms with Crippen LogP contribution >= 0.6 is 11.3 Å². The molecule has 5 aromatic heterocycles. The highest BCUT2D eigenvalue weighted by Crippen LogP contribution is 2.44. The molecular formula is C46H28N4S. The van der Waals surface area contributed by atoms with Gasteiger partial charge in [0.1, 0.15) is 0 Å². The molecule has 0 spiro atoms. The zero-order chi connectivity index (χ0) is 33.7. The number of fused-ring (bicyclic) bond motifs is 6. The highest BCUT2D eigenvalue weighted by molar-refractivity contribution is 7.26. The summed E-state index contributed by atoms with van der Waals surface area (Å²) in [6.07, 6.45) is 3.60. The molecule has 10 aromatic rings. The van der Waals surface area contributed by atoms with E-state index in [-0.39, 0.29) is 0 Å². The molecule has 0 aliphatic heterocycles. The first-order valence-corrected chi connectivity index (χ1v) is 17.8. The van der Waals surface area contributed by atoms with Gasteiger partial charge in [-0.3, -0.25) is 9.97 Å². The molecule has 5 aromatic carbocycles. The summed E-state index contributed by atoms with van der Waals surface area (Å²) in [6, 6.07) is 55.3. The molecule has 0 bridgehead atoms. The first kappa shape index (κ1) is 29.4. The maximum absolute atomic E-state index is 5.46. The van der Waals surface area contributed by atoms with Crippen LogP contribution in [0.2, 0.25) is 0 Å². The molecular weight excluding hydrogens is 641 g/mol. The molecule has 0 atom stereocenters. The van der Waals surface area contributed by atoms with Gasteiger partial charge < -0.3 is 0 Å². The fourth-order valence-electron chi connectivity index (χ4n) is 7.11. The number of pyridine rings is 4. The number of hydrogen-bond acceptors (Lipinski definition) is 5. The Balaban J connectivity index is 1.10. The molecule has 0 aliphatic rings. The van der Waals surface area contributed by atoms with E-state index < -0.39 is 0 Å². The third-order valence-electron chi connectivity index (χ3n) is 9.58. The minimum atomic E-state index is 0.813. The Bertz CT molecular complexity index is 2840. The van der Waals surface area contributed by atoms with E-state index in [1.54, 1.807) is 12.4 Å². The quantitative estimate of drug-likeness (QED) is 0.183. The Morgan fingerprint density at radius 3 is 1.76 bits per heavy atom. The molecule has 0 saturated carbocycles. The molecule has 0 aliphatic carbocycles. The summed E-state index contributed by atoms with van der Waals surface area (Å²) < 4.78 is 2.55. The van der Waals surface area contributed by atoms with Crippen LogP contribution in [0.25, 0.3) is 98.1 Å². The van der Waals surface area contributed by atoms with Gasteiger partial charge in [-0.25, -0.2) is 9.97 Å². The Hall–Kier alpha value is -6.56. The van der Waals surface area contributed by atoms with E-state index in [9.17, 15) is 0 Å². The summed E-state index contributed by atoms with van der Waals surface area (Å²) in [5, 5.41) is 6.08. The van der Waals surface area contributed by atoms with Crippen molar-refractivity contribution < 1.29 is 0 Å². The van der Waals surface area contributed by atoms with Gasteiger partial charge in [0.05, 0.1) is 34.0 Å². The van der Waals surface area contributed by atoms with Crippen LogP contribution in [0.4, 0.5) is 0 Å². The summed E-state index contributed by atoms with van der Waals surface area (Å²) in [7, 11) is 0. The van der Waals surface area contributed by atoms with Gasteiger partial charge in [-0.05, 0) is 81.6 Å². The maximum atomic E-state index is 5.46. The van der Waals surface area contributed by atoms with Gasteiger partial charge in [0.15, 0.2) is 0 Å². The van der Waals surface area contributed by atoms with Crippen molar-refractivity contribution in [3.63, 3.8) is 0 Å². The minimum absolute atomic E-state index is 0.813. The summed E-state index contributed by atoms with van der Waals surface area (Å²) in [6.45, 7) is 0. The Labute approximate surface area is 298 Å². The number of hydrogen-bond donors (Lipinski definition) is 0. The van der Waals surface area contributed by atoms with Crippen LogP contribution in [-0.4, -0.2) is 19.9 Å². The van der Waals surface area contributed by atoms with Crippen molar-refractivity contribution in [1.29, 1.82) is 0 Å². The standard InChI is InChI=1S/C46H28N4S/c1-2-12-34-31(10-1)11-9-14-35(34)45-44-37-13-3-4-17-43(37)51-46(44)36-23-22-32(26-40(36)50-45)29-18-20-30(21-19-29)33-27-41(38-15-5-7-24-47-38)49-42(28-33)39-16-6-8-25-48-39/h1-28H. The maximum Gasteiger partial charge on any atom is 0.0900 e.